The summed E-state index contributed by atoms with van der Waals surface area (Å²) in [6, 6.07) is 14.7. The lowest BCUT2D eigenvalue weighted by Crippen LogP contribution is -2.26. The molecule has 166 valence electrons. The van der Waals surface area contributed by atoms with Crippen LogP contribution in [-0.4, -0.2) is 32.3 Å². The fraction of sp³-hybridized carbons (Fsp3) is 0.130. The smallest absolute Gasteiger partial charge is 0.387 e. The van der Waals surface area contributed by atoms with Gasteiger partial charge in [0.2, 0.25) is 11.9 Å². The van der Waals surface area contributed by atoms with Crippen molar-refractivity contribution in [3.05, 3.63) is 84.1 Å². The quantitative estimate of drug-likeness (QED) is 0.440. The minimum Gasteiger partial charge on any atom is -0.434 e. The summed E-state index contributed by atoms with van der Waals surface area (Å²) in [4.78, 5) is 23.0. The lowest BCUT2D eigenvalue weighted by atomic mass is 10.1. The molecule has 0 bridgehead atoms. The minimum atomic E-state index is -2.99. The van der Waals surface area contributed by atoms with Crippen molar-refractivity contribution in [2.45, 2.75) is 19.6 Å². The van der Waals surface area contributed by atoms with E-state index in [1.807, 2.05) is 12.1 Å². The number of hydrogen-bond donors (Lipinski definition) is 0. The highest BCUT2D eigenvalue weighted by Gasteiger charge is 2.30. The van der Waals surface area contributed by atoms with Crippen LogP contribution in [0.25, 0.3) is 17.1 Å². The van der Waals surface area contributed by atoms with Crippen molar-refractivity contribution in [3.8, 4) is 22.8 Å². The van der Waals surface area contributed by atoms with Gasteiger partial charge in [-0.3, -0.25) is 9.69 Å². The van der Waals surface area contributed by atoms with Crippen molar-refractivity contribution < 1.29 is 22.7 Å². The van der Waals surface area contributed by atoms with Gasteiger partial charge in [-0.25, -0.2) is 14.6 Å². The number of nitrogens with zero attached hydrogens (tertiary/aromatic N) is 5. The summed E-state index contributed by atoms with van der Waals surface area (Å²) in [7, 11) is 0. The summed E-state index contributed by atoms with van der Waals surface area (Å²) in [6.45, 7) is -2.73. The van der Waals surface area contributed by atoms with Crippen LogP contribution in [0.15, 0.2) is 67.0 Å². The van der Waals surface area contributed by atoms with Crippen LogP contribution in [0.3, 0.4) is 0 Å². The number of hydrogen-bond acceptors (Lipinski definition) is 5. The van der Waals surface area contributed by atoms with Gasteiger partial charge in [-0.2, -0.15) is 13.2 Å². The number of anilines is 1. The van der Waals surface area contributed by atoms with Gasteiger partial charge in [-0.15, -0.1) is 5.10 Å². The summed E-state index contributed by atoms with van der Waals surface area (Å²) in [5.74, 6) is -0.161. The molecule has 0 saturated carbocycles. The van der Waals surface area contributed by atoms with Crippen LogP contribution in [-0.2, 0) is 17.8 Å². The van der Waals surface area contributed by atoms with Gasteiger partial charge in [0.25, 0.3) is 0 Å². The molecule has 0 atom stereocenters. The van der Waals surface area contributed by atoms with Gasteiger partial charge >= 0.3 is 6.61 Å². The molecule has 2 aromatic carbocycles. The van der Waals surface area contributed by atoms with E-state index in [0.717, 1.165) is 5.56 Å². The molecule has 0 radical (unpaired) electrons. The van der Waals surface area contributed by atoms with Gasteiger partial charge < -0.3 is 4.74 Å². The van der Waals surface area contributed by atoms with E-state index in [1.165, 1.54) is 34.1 Å². The lowest BCUT2D eigenvalue weighted by Gasteiger charge is -2.17. The van der Waals surface area contributed by atoms with E-state index in [4.69, 9.17) is 0 Å². The van der Waals surface area contributed by atoms with Crippen LogP contribution in [0, 0.1) is 5.95 Å². The van der Waals surface area contributed by atoms with Gasteiger partial charge in [-0.05, 0) is 29.8 Å². The van der Waals surface area contributed by atoms with Crippen LogP contribution in [0.4, 0.5) is 19.0 Å². The SMILES string of the molecule is O=C1Cc2cnc(-c3ccccc3OC(F)F)nc2N1Cc1ccc(-n2ccc(F)n2)cc1. The molecule has 3 heterocycles. The lowest BCUT2D eigenvalue weighted by molar-refractivity contribution is -0.117. The second kappa shape index (κ2) is 8.38. The largest absolute Gasteiger partial charge is 0.434 e. The second-order valence-corrected chi connectivity index (χ2v) is 7.32. The molecule has 0 N–H and O–H groups in total. The number of carbonyl (C=O) groups is 1. The molecule has 33 heavy (non-hydrogen) atoms. The predicted molar refractivity (Wildman–Crippen MR) is 113 cm³/mol. The zero-order valence-corrected chi connectivity index (χ0v) is 17.0. The highest BCUT2D eigenvalue weighted by atomic mass is 19.3. The number of alkyl halides is 2. The number of para-hydroxylation sites is 1. The highest BCUT2D eigenvalue weighted by Crippen LogP contribution is 2.33. The van der Waals surface area contributed by atoms with E-state index in [-0.39, 0.29) is 30.4 Å². The first-order valence-corrected chi connectivity index (χ1v) is 9.99. The van der Waals surface area contributed by atoms with E-state index in [0.29, 0.717) is 22.6 Å². The molecule has 0 aliphatic carbocycles. The van der Waals surface area contributed by atoms with E-state index in [2.05, 4.69) is 19.8 Å². The first-order chi connectivity index (χ1) is 16.0. The van der Waals surface area contributed by atoms with Gasteiger partial charge in [-0.1, -0.05) is 24.3 Å². The molecule has 1 aliphatic heterocycles. The Kier molecular flexibility index (Phi) is 5.25. The van der Waals surface area contributed by atoms with Crippen LogP contribution in [0.2, 0.25) is 0 Å². The minimum absolute atomic E-state index is 0.0472. The van der Waals surface area contributed by atoms with Crippen molar-refractivity contribution in [2.75, 3.05) is 4.90 Å². The fourth-order valence-corrected chi connectivity index (χ4v) is 3.66. The molecule has 1 aliphatic rings. The predicted octanol–water partition coefficient (Wildman–Crippen LogP) is 4.16. The summed E-state index contributed by atoms with van der Waals surface area (Å²) in [6.07, 6.45) is 3.19. The molecule has 0 fully saturated rings. The Hall–Kier alpha value is -4.21. The summed E-state index contributed by atoms with van der Waals surface area (Å²) in [5, 5.41) is 3.73. The van der Waals surface area contributed by atoms with E-state index < -0.39 is 12.6 Å². The number of aromatic nitrogens is 4. The van der Waals surface area contributed by atoms with Crippen molar-refractivity contribution in [1.29, 1.82) is 0 Å². The monoisotopic (exact) mass is 451 g/mol. The third-order valence-electron chi connectivity index (χ3n) is 5.18. The number of rotatable bonds is 6. The average molecular weight is 451 g/mol. The molecule has 5 rings (SSSR count). The maximum atomic E-state index is 13.2. The van der Waals surface area contributed by atoms with Crippen LogP contribution in [0.5, 0.6) is 5.75 Å². The maximum Gasteiger partial charge on any atom is 0.387 e. The van der Waals surface area contributed by atoms with Crippen molar-refractivity contribution in [1.82, 2.24) is 19.7 Å². The molecule has 7 nitrogen and oxygen atoms in total. The van der Waals surface area contributed by atoms with Crippen LogP contribution in [0.1, 0.15) is 11.1 Å². The molecule has 0 saturated heterocycles. The molecule has 1 amide bonds. The number of benzene rings is 2. The summed E-state index contributed by atoms with van der Waals surface area (Å²) >= 11 is 0. The van der Waals surface area contributed by atoms with E-state index >= 15 is 0 Å². The van der Waals surface area contributed by atoms with E-state index in [9.17, 15) is 18.0 Å². The maximum absolute atomic E-state index is 13.2. The molecule has 0 spiro atoms. The van der Waals surface area contributed by atoms with Crippen LogP contribution >= 0.6 is 0 Å². The zero-order chi connectivity index (χ0) is 22.9. The molecule has 4 aromatic rings. The highest BCUT2D eigenvalue weighted by molar-refractivity contribution is 6.00. The Morgan fingerprint density at radius 1 is 1.06 bits per heavy atom. The van der Waals surface area contributed by atoms with Crippen molar-refractivity contribution >= 4 is 11.7 Å². The standard InChI is InChI=1S/C23H16F3N5O2/c24-19-9-10-31(29-19)16-7-5-14(6-8-16)13-30-20(32)11-15-12-27-21(28-22(15)30)17-3-1-2-4-18(17)33-23(25)26/h1-10,12,23H,11,13H2. The summed E-state index contributed by atoms with van der Waals surface area (Å²) < 4.78 is 44.7. The first kappa shape index (κ1) is 20.7. The molecule has 0 unspecified atom stereocenters. The molecular formula is C23H16F3N5O2. The molecule has 10 heteroatoms. The van der Waals surface area contributed by atoms with Gasteiger partial charge in [0.15, 0.2) is 5.82 Å². The Morgan fingerprint density at radius 2 is 1.85 bits per heavy atom. The van der Waals surface area contributed by atoms with Crippen molar-refractivity contribution in [3.63, 3.8) is 0 Å². The fourth-order valence-electron chi connectivity index (χ4n) is 3.66. The van der Waals surface area contributed by atoms with E-state index in [1.54, 1.807) is 30.3 Å². The third kappa shape index (κ3) is 4.14. The van der Waals surface area contributed by atoms with Gasteiger partial charge in [0.05, 0.1) is 24.2 Å². The van der Waals surface area contributed by atoms with Gasteiger partial charge in [0, 0.05) is 24.0 Å². The Morgan fingerprint density at radius 3 is 2.58 bits per heavy atom. The number of carbonyl (C=O) groups excluding carboxylic acids is 1. The van der Waals surface area contributed by atoms with Gasteiger partial charge in [0.1, 0.15) is 11.6 Å². The topological polar surface area (TPSA) is 73.1 Å². The first-order valence-electron chi connectivity index (χ1n) is 9.99. The molecular weight excluding hydrogens is 435 g/mol. The normalized spacial score (nSPS) is 13.0. The average Bonchev–Trinajstić information content (AvgIpc) is 3.37. The summed E-state index contributed by atoms with van der Waals surface area (Å²) in [5.41, 5.74) is 2.46. The number of halogens is 3. The van der Waals surface area contributed by atoms with Crippen molar-refractivity contribution in [2.24, 2.45) is 0 Å². The molecule has 2 aromatic heterocycles. The van der Waals surface area contributed by atoms with Crippen LogP contribution < -0.4 is 9.64 Å². The Labute approximate surface area is 186 Å². The Bertz CT molecular complexity index is 1320. The number of fused-ring (bicyclic) bond motifs is 1. The Balaban J connectivity index is 1.42. The number of amides is 1. The second-order valence-electron chi connectivity index (χ2n) is 7.32. The number of ether oxygens (including phenoxy) is 1. The third-order valence-corrected chi connectivity index (χ3v) is 5.18. The zero-order valence-electron chi connectivity index (χ0n) is 17.0.